The number of carbonyl (C=O) groups is 2. The fourth-order valence-electron chi connectivity index (χ4n) is 1.67. The lowest BCUT2D eigenvalue weighted by Gasteiger charge is -2.14. The first-order chi connectivity index (χ1) is 9.52. The normalized spacial score (nSPS) is 10.5. The van der Waals surface area contributed by atoms with E-state index in [0.717, 1.165) is 4.68 Å². The number of rotatable bonds is 4. The standard InChI is InChI=1S/C12H14N4O4/c1-14(8-11(18)20-2)10(17)7-16-12(19)15-6-4-3-5-9(15)13-16/h3-6H,7-8H2,1-2H3. The fraction of sp³-hybridized carbons (Fsp3) is 0.333. The minimum absolute atomic E-state index is 0.169. The summed E-state index contributed by atoms with van der Waals surface area (Å²) in [4.78, 5) is 36.1. The zero-order chi connectivity index (χ0) is 14.7. The van der Waals surface area contributed by atoms with Gasteiger partial charge in [-0.25, -0.2) is 9.48 Å². The van der Waals surface area contributed by atoms with Crippen molar-refractivity contribution in [1.29, 1.82) is 0 Å². The van der Waals surface area contributed by atoms with Crippen LogP contribution in [0.15, 0.2) is 29.2 Å². The maximum absolute atomic E-state index is 12.0. The molecule has 8 heteroatoms. The predicted octanol–water partition coefficient (Wildman–Crippen LogP) is -0.873. The Balaban J connectivity index is 2.16. The lowest BCUT2D eigenvalue weighted by atomic mass is 10.5. The fourth-order valence-corrected chi connectivity index (χ4v) is 1.67. The Bertz CT molecular complexity index is 703. The largest absolute Gasteiger partial charge is 0.468 e. The van der Waals surface area contributed by atoms with Gasteiger partial charge in [0.15, 0.2) is 5.65 Å². The van der Waals surface area contributed by atoms with Gasteiger partial charge in [0.1, 0.15) is 13.1 Å². The van der Waals surface area contributed by atoms with E-state index in [9.17, 15) is 14.4 Å². The number of carbonyl (C=O) groups excluding carboxylic acids is 2. The number of fused-ring (bicyclic) bond motifs is 1. The molecule has 2 aromatic heterocycles. The van der Waals surface area contributed by atoms with E-state index in [0.29, 0.717) is 5.65 Å². The van der Waals surface area contributed by atoms with E-state index < -0.39 is 17.6 Å². The van der Waals surface area contributed by atoms with Gasteiger partial charge in [0.2, 0.25) is 5.91 Å². The molecule has 0 saturated heterocycles. The average Bonchev–Trinajstić information content (AvgIpc) is 2.75. The molecule has 0 atom stereocenters. The average molecular weight is 278 g/mol. The summed E-state index contributed by atoms with van der Waals surface area (Å²) in [7, 11) is 2.70. The van der Waals surface area contributed by atoms with Gasteiger partial charge in [-0.05, 0) is 12.1 Å². The second kappa shape index (κ2) is 5.55. The Labute approximate surface area is 114 Å². The number of aromatic nitrogens is 3. The Morgan fingerprint density at radius 1 is 1.40 bits per heavy atom. The zero-order valence-corrected chi connectivity index (χ0v) is 11.1. The second-order valence-electron chi connectivity index (χ2n) is 4.19. The van der Waals surface area contributed by atoms with Crippen LogP contribution in [-0.4, -0.2) is 51.7 Å². The predicted molar refractivity (Wildman–Crippen MR) is 69.1 cm³/mol. The summed E-state index contributed by atoms with van der Waals surface area (Å²) in [5, 5.41) is 4.04. The molecule has 0 bridgehead atoms. The van der Waals surface area contributed by atoms with E-state index in [1.807, 2.05) is 0 Å². The molecule has 0 spiro atoms. The van der Waals surface area contributed by atoms with Crippen molar-refractivity contribution in [2.45, 2.75) is 6.54 Å². The van der Waals surface area contributed by atoms with Crippen LogP contribution >= 0.6 is 0 Å². The van der Waals surface area contributed by atoms with Crippen LogP contribution in [0.1, 0.15) is 0 Å². The molecule has 20 heavy (non-hydrogen) atoms. The summed E-state index contributed by atoms with van der Waals surface area (Å²) >= 11 is 0. The third kappa shape index (κ3) is 2.68. The Morgan fingerprint density at radius 3 is 2.80 bits per heavy atom. The molecule has 0 aliphatic rings. The molecule has 2 heterocycles. The molecule has 0 saturated carbocycles. The van der Waals surface area contributed by atoms with E-state index >= 15 is 0 Å². The molecule has 2 rings (SSSR count). The van der Waals surface area contributed by atoms with Crippen LogP contribution in [0.5, 0.6) is 0 Å². The molecule has 106 valence electrons. The third-order valence-corrected chi connectivity index (χ3v) is 2.79. The molecule has 0 fully saturated rings. The maximum Gasteiger partial charge on any atom is 0.350 e. The number of hydrogen-bond acceptors (Lipinski definition) is 5. The quantitative estimate of drug-likeness (QED) is 0.678. The van der Waals surface area contributed by atoms with E-state index in [1.54, 1.807) is 24.4 Å². The smallest absolute Gasteiger partial charge is 0.350 e. The first-order valence-electron chi connectivity index (χ1n) is 5.88. The summed E-state index contributed by atoms with van der Waals surface area (Å²) < 4.78 is 6.87. The van der Waals surface area contributed by atoms with Gasteiger partial charge in [-0.15, -0.1) is 5.10 Å². The summed E-state index contributed by atoms with van der Waals surface area (Å²) in [6.45, 7) is -0.397. The van der Waals surface area contributed by atoms with Crippen molar-refractivity contribution in [2.24, 2.45) is 0 Å². The number of nitrogens with zero attached hydrogens (tertiary/aromatic N) is 4. The Morgan fingerprint density at radius 2 is 2.15 bits per heavy atom. The van der Waals surface area contributed by atoms with Crippen LogP contribution in [0.25, 0.3) is 5.65 Å². The SMILES string of the molecule is COC(=O)CN(C)C(=O)Cn1nc2ccccn2c1=O. The minimum Gasteiger partial charge on any atom is -0.468 e. The zero-order valence-electron chi connectivity index (χ0n) is 11.1. The number of pyridine rings is 1. The van der Waals surface area contributed by atoms with E-state index in [-0.39, 0.29) is 13.1 Å². The molecule has 0 aliphatic heterocycles. The number of likely N-dealkylation sites (N-methyl/N-ethyl adjacent to an activating group) is 1. The highest BCUT2D eigenvalue weighted by atomic mass is 16.5. The van der Waals surface area contributed by atoms with Gasteiger partial charge in [0.05, 0.1) is 7.11 Å². The number of methoxy groups -OCH3 is 1. The number of hydrogen-bond donors (Lipinski definition) is 0. The molecule has 2 aromatic rings. The van der Waals surface area contributed by atoms with Crippen molar-refractivity contribution < 1.29 is 14.3 Å². The number of esters is 1. The van der Waals surface area contributed by atoms with Crippen LogP contribution in [-0.2, 0) is 20.9 Å². The van der Waals surface area contributed by atoms with Crippen molar-refractivity contribution in [3.05, 3.63) is 34.9 Å². The minimum atomic E-state index is -0.525. The number of ether oxygens (including phenoxy) is 1. The van der Waals surface area contributed by atoms with Gasteiger partial charge in [-0.3, -0.25) is 14.0 Å². The Hall–Kier alpha value is -2.64. The molecule has 8 nitrogen and oxygen atoms in total. The van der Waals surface area contributed by atoms with Crippen molar-refractivity contribution >= 4 is 17.5 Å². The summed E-state index contributed by atoms with van der Waals surface area (Å²) in [6.07, 6.45) is 1.57. The topological polar surface area (TPSA) is 85.9 Å². The second-order valence-corrected chi connectivity index (χ2v) is 4.19. The molecule has 0 unspecified atom stereocenters. The van der Waals surface area contributed by atoms with Gasteiger partial charge in [-0.2, -0.15) is 0 Å². The van der Waals surface area contributed by atoms with Gasteiger partial charge in [0.25, 0.3) is 0 Å². The van der Waals surface area contributed by atoms with Crippen LogP contribution in [0.4, 0.5) is 0 Å². The summed E-state index contributed by atoms with van der Waals surface area (Å²) in [5.41, 5.74) is 0.0568. The van der Waals surface area contributed by atoms with E-state index in [2.05, 4.69) is 9.84 Å². The van der Waals surface area contributed by atoms with Gasteiger partial charge in [-0.1, -0.05) is 6.07 Å². The van der Waals surface area contributed by atoms with E-state index in [1.165, 1.54) is 23.5 Å². The first kappa shape index (κ1) is 13.8. The highest BCUT2D eigenvalue weighted by molar-refractivity contribution is 5.81. The summed E-state index contributed by atoms with van der Waals surface area (Å²) in [6, 6.07) is 5.11. The van der Waals surface area contributed by atoms with Crippen LogP contribution in [0, 0.1) is 0 Å². The Kier molecular flexibility index (Phi) is 3.83. The molecular formula is C12H14N4O4. The molecule has 0 aromatic carbocycles. The lowest BCUT2D eigenvalue weighted by Crippen LogP contribution is -2.37. The number of amides is 1. The van der Waals surface area contributed by atoms with Crippen molar-refractivity contribution in [3.8, 4) is 0 Å². The molecule has 0 radical (unpaired) electrons. The maximum atomic E-state index is 12.0. The molecule has 0 N–H and O–H groups in total. The lowest BCUT2D eigenvalue weighted by molar-refractivity contribution is -0.146. The van der Waals surface area contributed by atoms with Crippen LogP contribution < -0.4 is 5.69 Å². The van der Waals surface area contributed by atoms with Crippen molar-refractivity contribution in [3.63, 3.8) is 0 Å². The highest BCUT2D eigenvalue weighted by Crippen LogP contribution is 1.96. The molecule has 0 aliphatic carbocycles. The van der Waals surface area contributed by atoms with Gasteiger partial charge >= 0.3 is 11.7 Å². The van der Waals surface area contributed by atoms with E-state index in [4.69, 9.17) is 0 Å². The molecule has 1 amide bonds. The van der Waals surface area contributed by atoms with Gasteiger partial charge in [0, 0.05) is 13.2 Å². The van der Waals surface area contributed by atoms with Crippen molar-refractivity contribution in [1.82, 2.24) is 19.1 Å². The summed E-state index contributed by atoms with van der Waals surface area (Å²) in [5.74, 6) is -0.927. The van der Waals surface area contributed by atoms with Crippen LogP contribution in [0.3, 0.4) is 0 Å². The third-order valence-electron chi connectivity index (χ3n) is 2.79. The highest BCUT2D eigenvalue weighted by Gasteiger charge is 2.16. The monoisotopic (exact) mass is 278 g/mol. The first-order valence-corrected chi connectivity index (χ1v) is 5.88. The van der Waals surface area contributed by atoms with Gasteiger partial charge < -0.3 is 9.64 Å². The van der Waals surface area contributed by atoms with Crippen LogP contribution in [0.2, 0.25) is 0 Å². The van der Waals surface area contributed by atoms with Crippen molar-refractivity contribution in [2.75, 3.05) is 20.7 Å². The molecular weight excluding hydrogens is 264 g/mol.